The van der Waals surface area contributed by atoms with Crippen LogP contribution in [0, 0.1) is 0 Å². The lowest BCUT2D eigenvalue weighted by molar-refractivity contribution is -0.143. The van der Waals surface area contributed by atoms with Gasteiger partial charge in [-0.2, -0.15) is 0 Å². The van der Waals surface area contributed by atoms with Gasteiger partial charge in [0.25, 0.3) is 5.91 Å². The number of amides is 1. The maximum Gasteiger partial charge on any atom is 0.349 e. The molecule has 1 fully saturated rings. The molecule has 4 rings (SSSR count). The van der Waals surface area contributed by atoms with Crippen molar-refractivity contribution in [2.75, 3.05) is 33.4 Å². The van der Waals surface area contributed by atoms with Crippen molar-refractivity contribution >= 4 is 23.2 Å². The van der Waals surface area contributed by atoms with Gasteiger partial charge in [0.1, 0.15) is 10.6 Å². The molecule has 7 heteroatoms. The minimum atomic E-state index is -0.804. The predicted molar refractivity (Wildman–Crippen MR) is 106 cm³/mol. The van der Waals surface area contributed by atoms with Gasteiger partial charge in [0.05, 0.1) is 20.3 Å². The second kappa shape index (κ2) is 7.93. The summed E-state index contributed by atoms with van der Waals surface area (Å²) in [6.07, 6.45) is 0.986. The van der Waals surface area contributed by atoms with Crippen LogP contribution in [0.25, 0.3) is 10.4 Å². The molecule has 1 unspecified atom stereocenters. The van der Waals surface area contributed by atoms with E-state index in [0.717, 1.165) is 34.6 Å². The molecular weight excluding hydrogens is 378 g/mol. The molecule has 0 bridgehead atoms. The van der Waals surface area contributed by atoms with Crippen molar-refractivity contribution in [1.82, 2.24) is 4.90 Å². The topological polar surface area (TPSA) is 65.1 Å². The highest BCUT2D eigenvalue weighted by Crippen LogP contribution is 2.41. The summed E-state index contributed by atoms with van der Waals surface area (Å²) < 4.78 is 16.0. The Bertz CT molecular complexity index is 900. The van der Waals surface area contributed by atoms with E-state index in [2.05, 4.69) is 6.07 Å². The van der Waals surface area contributed by atoms with Gasteiger partial charge in [-0.05, 0) is 60.7 Å². The quantitative estimate of drug-likeness (QED) is 0.737. The Balaban J connectivity index is 1.49. The van der Waals surface area contributed by atoms with E-state index in [9.17, 15) is 9.59 Å². The molecule has 1 amide bonds. The smallest absolute Gasteiger partial charge is 0.349 e. The number of nitrogens with zero attached hydrogens (tertiary/aromatic N) is 1. The number of hydrogen-bond acceptors (Lipinski definition) is 6. The number of fused-ring (bicyclic) bond motifs is 3. The number of aryl methyl sites for hydroxylation is 2. The first kappa shape index (κ1) is 19.0. The summed E-state index contributed by atoms with van der Waals surface area (Å²) in [5.41, 5.74) is 3.52. The Morgan fingerprint density at radius 3 is 2.64 bits per heavy atom. The second-order valence-electron chi connectivity index (χ2n) is 6.97. The molecule has 0 N–H and O–H groups in total. The minimum absolute atomic E-state index is 0.171. The summed E-state index contributed by atoms with van der Waals surface area (Å²) in [6, 6.07) is 7.94. The number of thiophene rings is 1. The summed E-state index contributed by atoms with van der Waals surface area (Å²) in [5.74, 6) is 0.229. The number of morpholine rings is 1. The van der Waals surface area contributed by atoms with Gasteiger partial charge in [0, 0.05) is 18.0 Å². The van der Waals surface area contributed by atoms with Gasteiger partial charge in [-0.25, -0.2) is 4.79 Å². The molecule has 0 saturated carbocycles. The fourth-order valence-electron chi connectivity index (χ4n) is 3.65. The second-order valence-corrected chi connectivity index (χ2v) is 8.03. The fraction of sp³-hybridized carbons (Fsp3) is 0.429. The van der Waals surface area contributed by atoms with E-state index < -0.39 is 12.1 Å². The monoisotopic (exact) mass is 401 g/mol. The molecule has 1 saturated heterocycles. The summed E-state index contributed by atoms with van der Waals surface area (Å²) in [6.45, 7) is 3.75. The minimum Gasteiger partial charge on any atom is -0.497 e. The van der Waals surface area contributed by atoms with Crippen LogP contribution >= 0.6 is 11.3 Å². The Hall–Kier alpha value is -2.38. The van der Waals surface area contributed by atoms with E-state index in [1.807, 2.05) is 18.2 Å². The zero-order chi connectivity index (χ0) is 19.7. The molecule has 1 aliphatic carbocycles. The summed E-state index contributed by atoms with van der Waals surface area (Å²) in [7, 11) is 1.66. The average molecular weight is 401 g/mol. The third-order valence-electron chi connectivity index (χ3n) is 5.19. The van der Waals surface area contributed by atoms with Gasteiger partial charge in [-0.15, -0.1) is 11.3 Å². The summed E-state index contributed by atoms with van der Waals surface area (Å²) in [5, 5.41) is 0. The SMILES string of the molecule is COc1ccc2c(c1)CCc1cc(C(=O)OC(C)C(=O)N3CCOCC3)sc1-2. The molecule has 2 heterocycles. The van der Waals surface area contributed by atoms with Crippen LogP contribution in [0.2, 0.25) is 0 Å². The van der Waals surface area contributed by atoms with Crippen LogP contribution in [0.1, 0.15) is 27.7 Å². The van der Waals surface area contributed by atoms with Crippen molar-refractivity contribution in [1.29, 1.82) is 0 Å². The summed E-state index contributed by atoms with van der Waals surface area (Å²) in [4.78, 5) is 28.4. The van der Waals surface area contributed by atoms with Crippen molar-refractivity contribution in [2.24, 2.45) is 0 Å². The lowest BCUT2D eigenvalue weighted by Gasteiger charge is -2.28. The first-order valence-corrected chi connectivity index (χ1v) is 10.3. The fourth-order valence-corrected chi connectivity index (χ4v) is 4.80. The zero-order valence-electron chi connectivity index (χ0n) is 16.0. The average Bonchev–Trinajstić information content (AvgIpc) is 3.18. The van der Waals surface area contributed by atoms with Crippen molar-refractivity contribution in [3.05, 3.63) is 40.3 Å². The molecule has 148 valence electrons. The van der Waals surface area contributed by atoms with E-state index >= 15 is 0 Å². The third-order valence-corrected chi connectivity index (χ3v) is 6.38. The molecule has 2 aromatic rings. The van der Waals surface area contributed by atoms with Gasteiger partial charge in [0.2, 0.25) is 0 Å². The Labute approximate surface area is 168 Å². The first-order chi connectivity index (χ1) is 13.6. The Morgan fingerprint density at radius 1 is 1.14 bits per heavy atom. The molecule has 0 radical (unpaired) electrons. The highest BCUT2D eigenvalue weighted by Gasteiger charge is 2.28. The highest BCUT2D eigenvalue weighted by molar-refractivity contribution is 7.17. The number of ether oxygens (including phenoxy) is 3. The van der Waals surface area contributed by atoms with Crippen LogP contribution in [0.3, 0.4) is 0 Å². The first-order valence-electron chi connectivity index (χ1n) is 9.44. The van der Waals surface area contributed by atoms with Crippen LogP contribution < -0.4 is 4.74 Å². The molecular formula is C21H23NO5S. The van der Waals surface area contributed by atoms with Crippen LogP contribution in [0.5, 0.6) is 5.75 Å². The Morgan fingerprint density at radius 2 is 1.89 bits per heavy atom. The molecule has 6 nitrogen and oxygen atoms in total. The van der Waals surface area contributed by atoms with E-state index in [4.69, 9.17) is 14.2 Å². The molecule has 0 spiro atoms. The molecule has 28 heavy (non-hydrogen) atoms. The zero-order valence-corrected chi connectivity index (χ0v) is 16.8. The van der Waals surface area contributed by atoms with E-state index in [1.165, 1.54) is 16.9 Å². The number of esters is 1. The van der Waals surface area contributed by atoms with Gasteiger partial charge >= 0.3 is 5.97 Å². The van der Waals surface area contributed by atoms with E-state index in [-0.39, 0.29) is 5.91 Å². The Kier molecular flexibility index (Phi) is 5.37. The summed E-state index contributed by atoms with van der Waals surface area (Å²) >= 11 is 1.43. The lowest BCUT2D eigenvalue weighted by Crippen LogP contribution is -2.46. The van der Waals surface area contributed by atoms with Crippen molar-refractivity contribution < 1.29 is 23.8 Å². The van der Waals surface area contributed by atoms with E-state index in [1.54, 1.807) is 18.9 Å². The van der Waals surface area contributed by atoms with Gasteiger partial charge in [0.15, 0.2) is 6.10 Å². The van der Waals surface area contributed by atoms with Crippen LogP contribution in [-0.2, 0) is 27.1 Å². The molecule has 2 aliphatic rings. The van der Waals surface area contributed by atoms with Crippen molar-refractivity contribution in [3.63, 3.8) is 0 Å². The predicted octanol–water partition coefficient (Wildman–Crippen LogP) is 2.93. The van der Waals surface area contributed by atoms with Gasteiger partial charge in [-0.3, -0.25) is 4.79 Å². The lowest BCUT2D eigenvalue weighted by atomic mass is 9.91. The number of hydrogen-bond donors (Lipinski definition) is 0. The van der Waals surface area contributed by atoms with Crippen molar-refractivity contribution in [2.45, 2.75) is 25.9 Å². The standard InChI is InChI=1S/C21H23NO5S/c1-13(20(23)22-7-9-26-10-8-22)27-21(24)18-12-15-4-3-14-11-16(25-2)5-6-17(14)19(15)28-18/h5-6,11-13H,3-4,7-10H2,1-2H3. The normalized spacial score (nSPS) is 16.7. The number of benzene rings is 1. The molecule has 1 aromatic carbocycles. The number of carbonyl (C=O) groups excluding carboxylic acids is 2. The van der Waals surface area contributed by atoms with E-state index in [0.29, 0.717) is 31.2 Å². The van der Waals surface area contributed by atoms with Crippen LogP contribution in [0.15, 0.2) is 24.3 Å². The van der Waals surface area contributed by atoms with Gasteiger partial charge in [-0.1, -0.05) is 0 Å². The number of rotatable bonds is 4. The number of carbonyl (C=O) groups is 2. The molecule has 1 aliphatic heterocycles. The largest absolute Gasteiger partial charge is 0.497 e. The third kappa shape index (κ3) is 3.64. The van der Waals surface area contributed by atoms with Crippen LogP contribution in [-0.4, -0.2) is 56.3 Å². The highest BCUT2D eigenvalue weighted by atomic mass is 32.1. The molecule has 1 aromatic heterocycles. The maximum absolute atomic E-state index is 12.6. The van der Waals surface area contributed by atoms with Crippen LogP contribution in [0.4, 0.5) is 0 Å². The number of methoxy groups -OCH3 is 1. The molecule has 1 atom stereocenters. The maximum atomic E-state index is 12.6. The van der Waals surface area contributed by atoms with Gasteiger partial charge < -0.3 is 19.1 Å². The van der Waals surface area contributed by atoms with Crippen molar-refractivity contribution in [3.8, 4) is 16.2 Å².